The highest BCUT2D eigenvalue weighted by Crippen LogP contribution is 2.05. The summed E-state index contributed by atoms with van der Waals surface area (Å²) in [5, 5.41) is 5.90. The number of nitrogens with one attached hydrogen (secondary N) is 2. The van der Waals surface area contributed by atoms with Gasteiger partial charge in [0.15, 0.2) is 0 Å². The van der Waals surface area contributed by atoms with Crippen molar-refractivity contribution in [1.82, 2.24) is 15.3 Å². The highest BCUT2D eigenvalue weighted by molar-refractivity contribution is 7.80. The van der Waals surface area contributed by atoms with Gasteiger partial charge in [-0.25, -0.2) is 9.97 Å². The van der Waals surface area contributed by atoms with Gasteiger partial charge in [-0.15, -0.1) is 0 Å². The summed E-state index contributed by atoms with van der Waals surface area (Å²) >= 11 is 4.89. The third-order valence-corrected chi connectivity index (χ3v) is 2.97. The van der Waals surface area contributed by atoms with E-state index < -0.39 is 0 Å². The summed E-state index contributed by atoms with van der Waals surface area (Å²) in [5.41, 5.74) is 6.85. The van der Waals surface area contributed by atoms with E-state index in [1.54, 1.807) is 6.07 Å². The number of nitrogens with zero attached hydrogens (tertiary/aromatic N) is 2. The molecule has 0 fully saturated rings. The normalized spacial score (nSPS) is 11.8. The van der Waals surface area contributed by atoms with Crippen LogP contribution in [0.2, 0.25) is 0 Å². The highest BCUT2D eigenvalue weighted by Gasteiger charge is 2.07. The Morgan fingerprint density at radius 3 is 2.80 bits per heavy atom. The molecule has 0 saturated carbocycles. The van der Waals surface area contributed by atoms with Gasteiger partial charge in [0.1, 0.15) is 10.7 Å². The third kappa shape index (κ3) is 5.48. The molecule has 20 heavy (non-hydrogen) atoms. The van der Waals surface area contributed by atoms with Crippen molar-refractivity contribution in [3.05, 3.63) is 17.5 Å². The predicted molar refractivity (Wildman–Crippen MR) is 83.7 cm³/mol. The molecule has 1 atom stereocenters. The average Bonchev–Trinajstić information content (AvgIpc) is 2.37. The zero-order valence-corrected chi connectivity index (χ0v) is 12.9. The van der Waals surface area contributed by atoms with Crippen LogP contribution in [0.1, 0.15) is 38.1 Å². The Bertz CT molecular complexity index is 492. The number of amides is 1. The maximum Gasteiger partial charge on any atom is 0.223 e. The Morgan fingerprint density at radius 1 is 1.50 bits per heavy atom. The molecule has 4 N–H and O–H groups in total. The monoisotopic (exact) mass is 295 g/mol. The van der Waals surface area contributed by atoms with Crippen LogP contribution in [0.15, 0.2) is 6.07 Å². The first-order valence-corrected chi connectivity index (χ1v) is 7.02. The summed E-state index contributed by atoms with van der Waals surface area (Å²) in [6, 6.07) is 1.92. The lowest BCUT2D eigenvalue weighted by Crippen LogP contribution is -2.33. The number of aryl methyl sites for hydroxylation is 1. The lowest BCUT2D eigenvalue weighted by atomic mass is 10.2. The van der Waals surface area contributed by atoms with Gasteiger partial charge in [0, 0.05) is 24.7 Å². The van der Waals surface area contributed by atoms with Gasteiger partial charge in [-0.2, -0.15) is 0 Å². The molecule has 1 aromatic rings. The van der Waals surface area contributed by atoms with Crippen molar-refractivity contribution in [3.8, 4) is 0 Å². The van der Waals surface area contributed by atoms with Crippen molar-refractivity contribution in [3.63, 3.8) is 0 Å². The van der Waals surface area contributed by atoms with Gasteiger partial charge in [-0.3, -0.25) is 4.79 Å². The minimum Gasteiger partial charge on any atom is -0.388 e. The lowest BCUT2D eigenvalue weighted by Gasteiger charge is -2.11. The van der Waals surface area contributed by atoms with E-state index >= 15 is 0 Å². The van der Waals surface area contributed by atoms with Crippen LogP contribution in [0.5, 0.6) is 0 Å². The standard InChI is InChI=1S/C13H21N5OS/c1-4-8(2)16-11(19)5-6-15-13-17-9(3)7-10(18-13)12(14)20/h7-8H,4-6H2,1-3H3,(H2,14,20)(H,16,19)(H,15,17,18). The number of rotatable bonds is 7. The van der Waals surface area contributed by atoms with Gasteiger partial charge >= 0.3 is 0 Å². The van der Waals surface area contributed by atoms with Crippen molar-refractivity contribution in [2.45, 2.75) is 39.7 Å². The van der Waals surface area contributed by atoms with Crippen LogP contribution in [0.4, 0.5) is 5.95 Å². The van der Waals surface area contributed by atoms with Gasteiger partial charge in [0.05, 0.1) is 0 Å². The molecule has 0 radical (unpaired) electrons. The SMILES string of the molecule is CCC(C)NC(=O)CCNc1nc(C)cc(C(N)=S)n1. The summed E-state index contributed by atoms with van der Waals surface area (Å²) in [7, 11) is 0. The van der Waals surface area contributed by atoms with Crippen LogP contribution < -0.4 is 16.4 Å². The molecule has 0 bridgehead atoms. The summed E-state index contributed by atoms with van der Waals surface area (Å²) < 4.78 is 0. The van der Waals surface area contributed by atoms with E-state index in [2.05, 4.69) is 20.6 Å². The Kier molecular flexibility index (Phi) is 6.30. The Morgan fingerprint density at radius 2 is 2.20 bits per heavy atom. The van der Waals surface area contributed by atoms with E-state index in [9.17, 15) is 4.79 Å². The summed E-state index contributed by atoms with van der Waals surface area (Å²) in [4.78, 5) is 20.2. The minimum atomic E-state index is 0.00840. The second kappa shape index (κ2) is 7.74. The van der Waals surface area contributed by atoms with Crippen LogP contribution in [-0.4, -0.2) is 33.5 Å². The molecule has 1 rings (SSSR count). The van der Waals surface area contributed by atoms with E-state index in [1.165, 1.54) is 0 Å². The van der Waals surface area contributed by atoms with Crippen molar-refractivity contribution >= 4 is 29.1 Å². The second-order valence-electron chi connectivity index (χ2n) is 4.64. The number of nitrogens with two attached hydrogens (primary N) is 1. The van der Waals surface area contributed by atoms with E-state index in [0.717, 1.165) is 12.1 Å². The Hall–Kier alpha value is -1.76. The molecule has 1 heterocycles. The highest BCUT2D eigenvalue weighted by atomic mass is 32.1. The number of carbonyl (C=O) groups is 1. The minimum absolute atomic E-state index is 0.00840. The van der Waals surface area contributed by atoms with Crippen LogP contribution >= 0.6 is 12.2 Å². The summed E-state index contributed by atoms with van der Waals surface area (Å²) in [5.74, 6) is 0.443. The van der Waals surface area contributed by atoms with Gasteiger partial charge in [-0.1, -0.05) is 19.1 Å². The molecule has 6 nitrogen and oxygen atoms in total. The number of aromatic nitrogens is 2. The topological polar surface area (TPSA) is 92.9 Å². The van der Waals surface area contributed by atoms with Crippen LogP contribution in [0, 0.1) is 6.92 Å². The number of hydrogen-bond acceptors (Lipinski definition) is 5. The maximum absolute atomic E-state index is 11.6. The Balaban J connectivity index is 2.50. The summed E-state index contributed by atoms with van der Waals surface area (Å²) in [6.07, 6.45) is 1.28. The molecule has 1 unspecified atom stereocenters. The first-order chi connectivity index (χ1) is 9.42. The number of thiocarbonyl (C=S) groups is 1. The maximum atomic E-state index is 11.6. The second-order valence-corrected chi connectivity index (χ2v) is 5.08. The molecule has 0 aliphatic carbocycles. The molecule has 0 saturated heterocycles. The van der Waals surface area contributed by atoms with Crippen molar-refractivity contribution < 1.29 is 4.79 Å². The Labute approximate surface area is 124 Å². The average molecular weight is 295 g/mol. The van der Waals surface area contributed by atoms with Crippen LogP contribution in [-0.2, 0) is 4.79 Å². The van der Waals surface area contributed by atoms with E-state index in [0.29, 0.717) is 24.6 Å². The molecule has 0 aliphatic rings. The smallest absolute Gasteiger partial charge is 0.223 e. The molecule has 7 heteroatoms. The van der Waals surface area contributed by atoms with E-state index in [4.69, 9.17) is 18.0 Å². The quantitative estimate of drug-likeness (QED) is 0.653. The predicted octanol–water partition coefficient (Wildman–Crippen LogP) is 1.14. The molecule has 1 aromatic heterocycles. The zero-order valence-electron chi connectivity index (χ0n) is 12.1. The number of carbonyl (C=O) groups excluding carboxylic acids is 1. The molecule has 0 spiro atoms. The molecule has 1 amide bonds. The fourth-order valence-corrected chi connectivity index (χ4v) is 1.62. The van der Waals surface area contributed by atoms with Crippen molar-refractivity contribution in [2.75, 3.05) is 11.9 Å². The van der Waals surface area contributed by atoms with E-state index in [1.807, 2.05) is 20.8 Å². The first kappa shape index (κ1) is 16.3. The zero-order chi connectivity index (χ0) is 15.1. The fourth-order valence-electron chi connectivity index (χ4n) is 1.51. The van der Waals surface area contributed by atoms with Crippen molar-refractivity contribution in [1.29, 1.82) is 0 Å². The fraction of sp³-hybridized carbons (Fsp3) is 0.538. The molecule has 0 aliphatic heterocycles. The summed E-state index contributed by atoms with van der Waals surface area (Å²) in [6.45, 7) is 6.30. The first-order valence-electron chi connectivity index (χ1n) is 6.61. The van der Waals surface area contributed by atoms with Crippen LogP contribution in [0.3, 0.4) is 0 Å². The molecular weight excluding hydrogens is 274 g/mol. The number of anilines is 1. The van der Waals surface area contributed by atoms with Gasteiger partial charge in [-0.05, 0) is 26.3 Å². The van der Waals surface area contributed by atoms with Crippen molar-refractivity contribution in [2.24, 2.45) is 5.73 Å². The molecule has 110 valence electrons. The van der Waals surface area contributed by atoms with Gasteiger partial charge in [0.2, 0.25) is 11.9 Å². The lowest BCUT2D eigenvalue weighted by molar-refractivity contribution is -0.121. The van der Waals surface area contributed by atoms with Crippen LogP contribution in [0.25, 0.3) is 0 Å². The van der Waals surface area contributed by atoms with E-state index in [-0.39, 0.29) is 16.9 Å². The number of hydrogen-bond donors (Lipinski definition) is 3. The van der Waals surface area contributed by atoms with Gasteiger partial charge in [0.25, 0.3) is 0 Å². The molecular formula is C13H21N5OS. The third-order valence-electron chi connectivity index (χ3n) is 2.76. The van der Waals surface area contributed by atoms with Gasteiger partial charge < -0.3 is 16.4 Å². The molecule has 0 aromatic carbocycles. The largest absolute Gasteiger partial charge is 0.388 e.